The van der Waals surface area contributed by atoms with Crippen molar-refractivity contribution in [3.63, 3.8) is 0 Å². The molecule has 0 spiro atoms. The molecular formula is C17H12FNO3. The minimum absolute atomic E-state index is 0.0743. The summed E-state index contributed by atoms with van der Waals surface area (Å²) in [5.74, 6) is -0.676. The van der Waals surface area contributed by atoms with Gasteiger partial charge in [-0.3, -0.25) is 0 Å². The lowest BCUT2D eigenvalue weighted by atomic mass is 10.2. The largest absolute Gasteiger partial charge is 0.453 e. The number of fused-ring (bicyclic) bond motifs is 1. The molecule has 0 amide bonds. The predicted octanol–water partition coefficient (Wildman–Crippen LogP) is 3.72. The summed E-state index contributed by atoms with van der Waals surface area (Å²) in [5.41, 5.74) is 1.66. The monoisotopic (exact) mass is 297 g/mol. The number of ether oxygens (including phenoxy) is 1. The Balaban J connectivity index is 1.61. The van der Waals surface area contributed by atoms with Crippen LogP contribution in [-0.4, -0.2) is 11.0 Å². The van der Waals surface area contributed by atoms with E-state index in [1.54, 1.807) is 24.3 Å². The van der Waals surface area contributed by atoms with Crippen molar-refractivity contribution in [1.29, 1.82) is 0 Å². The smallest absolute Gasteiger partial charge is 0.331 e. The Kier molecular flexibility index (Phi) is 3.96. The van der Waals surface area contributed by atoms with Crippen LogP contribution in [0.25, 0.3) is 17.2 Å². The van der Waals surface area contributed by atoms with Gasteiger partial charge in [0.15, 0.2) is 12.2 Å². The van der Waals surface area contributed by atoms with Crippen LogP contribution in [0.15, 0.2) is 59.0 Å². The molecule has 0 saturated heterocycles. The third kappa shape index (κ3) is 3.20. The maximum atomic E-state index is 13.4. The number of carbonyl (C=O) groups excluding carboxylic acids is 1. The first-order valence-electron chi connectivity index (χ1n) is 6.66. The van der Waals surface area contributed by atoms with E-state index in [1.165, 1.54) is 18.2 Å². The van der Waals surface area contributed by atoms with Crippen LogP contribution >= 0.6 is 0 Å². The summed E-state index contributed by atoms with van der Waals surface area (Å²) in [6, 6.07) is 13.4. The van der Waals surface area contributed by atoms with Gasteiger partial charge in [-0.2, -0.15) is 0 Å². The molecule has 110 valence electrons. The number of aromatic nitrogens is 1. The number of hydrogen-bond donors (Lipinski definition) is 0. The normalized spacial score (nSPS) is 11.1. The Hall–Kier alpha value is -2.95. The molecule has 0 aliphatic heterocycles. The fourth-order valence-electron chi connectivity index (χ4n) is 1.93. The molecule has 0 radical (unpaired) electrons. The van der Waals surface area contributed by atoms with Crippen molar-refractivity contribution in [2.75, 3.05) is 0 Å². The second kappa shape index (κ2) is 6.22. The molecule has 0 aliphatic rings. The zero-order valence-electron chi connectivity index (χ0n) is 11.5. The molecule has 0 atom stereocenters. The zero-order chi connectivity index (χ0) is 15.4. The van der Waals surface area contributed by atoms with Crippen LogP contribution in [0, 0.1) is 5.82 Å². The van der Waals surface area contributed by atoms with Crippen LogP contribution in [0.5, 0.6) is 0 Å². The van der Waals surface area contributed by atoms with E-state index >= 15 is 0 Å². The SMILES string of the molecule is O=C(/C=C/c1ccccc1F)OCc1nc2ccccc2o1. The summed E-state index contributed by atoms with van der Waals surface area (Å²) in [7, 11) is 0. The topological polar surface area (TPSA) is 52.3 Å². The van der Waals surface area contributed by atoms with Crippen LogP contribution in [0.3, 0.4) is 0 Å². The molecule has 0 bridgehead atoms. The van der Waals surface area contributed by atoms with Gasteiger partial charge in [-0.05, 0) is 24.3 Å². The van der Waals surface area contributed by atoms with Crippen molar-refractivity contribution in [3.8, 4) is 0 Å². The molecule has 0 fully saturated rings. The van der Waals surface area contributed by atoms with Crippen molar-refractivity contribution in [2.24, 2.45) is 0 Å². The maximum Gasteiger partial charge on any atom is 0.331 e. The van der Waals surface area contributed by atoms with Crippen LogP contribution in [-0.2, 0) is 16.1 Å². The number of esters is 1. The highest BCUT2D eigenvalue weighted by Gasteiger charge is 2.07. The molecule has 0 aliphatic carbocycles. The van der Waals surface area contributed by atoms with Crippen LogP contribution in [0.2, 0.25) is 0 Å². The molecule has 0 N–H and O–H groups in total. The minimum Gasteiger partial charge on any atom is -0.453 e. The molecule has 0 saturated carbocycles. The van der Waals surface area contributed by atoms with Gasteiger partial charge in [-0.25, -0.2) is 14.2 Å². The fourth-order valence-corrected chi connectivity index (χ4v) is 1.93. The van der Waals surface area contributed by atoms with Gasteiger partial charge in [0.2, 0.25) is 5.89 Å². The summed E-state index contributed by atoms with van der Waals surface area (Å²) in [4.78, 5) is 15.8. The molecule has 1 heterocycles. The molecule has 1 aromatic heterocycles. The van der Waals surface area contributed by atoms with Crippen LogP contribution in [0.4, 0.5) is 4.39 Å². The Morgan fingerprint density at radius 3 is 2.77 bits per heavy atom. The fraction of sp³-hybridized carbons (Fsp3) is 0.0588. The second-order valence-corrected chi connectivity index (χ2v) is 4.54. The molecule has 0 unspecified atom stereocenters. The maximum absolute atomic E-state index is 13.4. The highest BCUT2D eigenvalue weighted by Crippen LogP contribution is 2.15. The molecule has 4 nitrogen and oxygen atoms in total. The highest BCUT2D eigenvalue weighted by atomic mass is 19.1. The molecule has 5 heteroatoms. The Morgan fingerprint density at radius 1 is 1.18 bits per heavy atom. The number of benzene rings is 2. The Bertz CT molecular complexity index is 806. The van der Waals surface area contributed by atoms with E-state index in [-0.39, 0.29) is 6.61 Å². The molecule has 3 rings (SSSR count). The van der Waals surface area contributed by atoms with Crippen molar-refractivity contribution in [2.45, 2.75) is 6.61 Å². The molecule has 3 aromatic rings. The van der Waals surface area contributed by atoms with Crippen LogP contribution in [0.1, 0.15) is 11.5 Å². The van der Waals surface area contributed by atoms with Crippen LogP contribution < -0.4 is 0 Å². The molecular weight excluding hydrogens is 285 g/mol. The molecule has 2 aromatic carbocycles. The Morgan fingerprint density at radius 2 is 1.95 bits per heavy atom. The lowest BCUT2D eigenvalue weighted by Gasteiger charge is -1.98. The summed E-state index contributed by atoms with van der Waals surface area (Å²) >= 11 is 0. The van der Waals surface area contributed by atoms with E-state index in [2.05, 4.69) is 4.98 Å². The van der Waals surface area contributed by atoms with Gasteiger partial charge in [0, 0.05) is 11.6 Å². The van der Waals surface area contributed by atoms with E-state index in [0.29, 0.717) is 22.6 Å². The summed E-state index contributed by atoms with van der Waals surface area (Å²) in [5, 5.41) is 0. The second-order valence-electron chi connectivity index (χ2n) is 4.54. The van der Waals surface area contributed by atoms with E-state index in [0.717, 1.165) is 0 Å². The first-order chi connectivity index (χ1) is 10.7. The third-order valence-corrected chi connectivity index (χ3v) is 2.98. The predicted molar refractivity (Wildman–Crippen MR) is 79.2 cm³/mol. The number of nitrogens with zero attached hydrogens (tertiary/aromatic N) is 1. The lowest BCUT2D eigenvalue weighted by molar-refractivity contribution is -0.139. The van der Waals surface area contributed by atoms with Gasteiger partial charge in [0.05, 0.1) is 0 Å². The number of rotatable bonds is 4. The number of carbonyl (C=O) groups is 1. The van der Waals surface area contributed by atoms with Gasteiger partial charge in [-0.15, -0.1) is 0 Å². The number of oxazole rings is 1. The zero-order valence-corrected chi connectivity index (χ0v) is 11.5. The van der Waals surface area contributed by atoms with E-state index < -0.39 is 11.8 Å². The average molecular weight is 297 g/mol. The van der Waals surface area contributed by atoms with E-state index in [9.17, 15) is 9.18 Å². The van der Waals surface area contributed by atoms with Crippen molar-refractivity contribution in [3.05, 3.63) is 71.9 Å². The van der Waals surface area contributed by atoms with Crippen molar-refractivity contribution in [1.82, 2.24) is 4.98 Å². The quantitative estimate of drug-likeness (QED) is 0.544. The summed E-state index contributed by atoms with van der Waals surface area (Å²) < 4.78 is 23.8. The van der Waals surface area contributed by atoms with Crippen molar-refractivity contribution >= 4 is 23.1 Å². The standard InChI is InChI=1S/C17H12FNO3/c18-13-6-2-1-5-12(13)9-10-17(20)21-11-16-19-14-7-3-4-8-15(14)22-16/h1-10H,11H2/b10-9+. The van der Waals surface area contributed by atoms with Gasteiger partial charge in [-0.1, -0.05) is 30.3 Å². The first-order valence-corrected chi connectivity index (χ1v) is 6.66. The number of hydrogen-bond acceptors (Lipinski definition) is 4. The average Bonchev–Trinajstić information content (AvgIpc) is 2.95. The number of halogens is 1. The Labute approximate surface area is 125 Å². The van der Waals surface area contributed by atoms with E-state index in [4.69, 9.17) is 9.15 Å². The first kappa shape index (κ1) is 14.0. The van der Waals surface area contributed by atoms with Gasteiger partial charge >= 0.3 is 5.97 Å². The number of para-hydroxylation sites is 2. The van der Waals surface area contributed by atoms with Gasteiger partial charge in [0.1, 0.15) is 11.3 Å². The third-order valence-electron chi connectivity index (χ3n) is 2.98. The van der Waals surface area contributed by atoms with E-state index in [1.807, 2.05) is 18.2 Å². The molecule has 22 heavy (non-hydrogen) atoms. The van der Waals surface area contributed by atoms with Crippen molar-refractivity contribution < 1.29 is 18.3 Å². The van der Waals surface area contributed by atoms with Gasteiger partial charge in [0.25, 0.3) is 0 Å². The summed E-state index contributed by atoms with van der Waals surface area (Å²) in [6.07, 6.45) is 2.53. The minimum atomic E-state index is -0.592. The summed E-state index contributed by atoms with van der Waals surface area (Å²) in [6.45, 7) is -0.0743. The lowest BCUT2D eigenvalue weighted by Crippen LogP contribution is -2.00. The van der Waals surface area contributed by atoms with Gasteiger partial charge < -0.3 is 9.15 Å². The highest BCUT2D eigenvalue weighted by molar-refractivity contribution is 5.87.